The highest BCUT2D eigenvalue weighted by atomic mass is 16.5. The Kier molecular flexibility index (Phi) is 3.65. The summed E-state index contributed by atoms with van der Waals surface area (Å²) < 4.78 is 4.72. The van der Waals surface area contributed by atoms with Gasteiger partial charge in [0, 0.05) is 0 Å². The fourth-order valence-corrected chi connectivity index (χ4v) is 1.24. The molecule has 0 saturated carbocycles. The van der Waals surface area contributed by atoms with Crippen molar-refractivity contribution in [1.29, 1.82) is 0 Å². The third kappa shape index (κ3) is 2.33. The van der Waals surface area contributed by atoms with E-state index in [4.69, 9.17) is 4.74 Å². The summed E-state index contributed by atoms with van der Waals surface area (Å²) in [5, 5.41) is 9.63. The zero-order chi connectivity index (χ0) is 10.6. The van der Waals surface area contributed by atoms with Gasteiger partial charge in [-0.05, 0) is 25.0 Å². The molecule has 0 amide bonds. The van der Waals surface area contributed by atoms with Crippen LogP contribution in [0, 0.1) is 6.92 Å². The normalized spacial score (nSPS) is 12.2. The first-order chi connectivity index (χ1) is 6.66. The number of aryl methyl sites for hydroxylation is 1. The van der Waals surface area contributed by atoms with Gasteiger partial charge in [-0.15, -0.1) is 0 Å². The van der Waals surface area contributed by atoms with Crippen molar-refractivity contribution < 1.29 is 14.6 Å². The molecule has 0 unspecified atom stereocenters. The van der Waals surface area contributed by atoms with Crippen LogP contribution in [0.2, 0.25) is 0 Å². The second-order valence-corrected chi connectivity index (χ2v) is 3.01. The van der Waals surface area contributed by atoms with Crippen molar-refractivity contribution in [2.75, 3.05) is 6.61 Å². The molecule has 0 heterocycles. The molecule has 0 fully saturated rings. The maximum atomic E-state index is 11.2. The van der Waals surface area contributed by atoms with Gasteiger partial charge in [0.2, 0.25) is 0 Å². The Balaban J connectivity index is 2.84. The largest absolute Gasteiger partial charge is 0.464 e. The summed E-state index contributed by atoms with van der Waals surface area (Å²) in [6.45, 7) is 3.84. The molecule has 0 aliphatic carbocycles. The van der Waals surface area contributed by atoms with Crippen molar-refractivity contribution in [3.8, 4) is 0 Å². The molecule has 0 spiro atoms. The third-order valence-electron chi connectivity index (χ3n) is 1.99. The molecule has 0 radical (unpaired) electrons. The van der Waals surface area contributed by atoms with Gasteiger partial charge >= 0.3 is 5.97 Å². The summed E-state index contributed by atoms with van der Waals surface area (Å²) in [7, 11) is 0. The minimum Gasteiger partial charge on any atom is -0.464 e. The summed E-state index contributed by atoms with van der Waals surface area (Å²) >= 11 is 0. The van der Waals surface area contributed by atoms with Crippen LogP contribution in [0.5, 0.6) is 0 Å². The Morgan fingerprint density at radius 3 is 2.71 bits per heavy atom. The maximum Gasteiger partial charge on any atom is 0.339 e. The molecule has 3 nitrogen and oxygen atoms in total. The molecule has 0 bridgehead atoms. The standard InChI is InChI=1S/C11H14O3/c1-3-14-11(13)10(12)9-7-5-4-6-8(9)2/h4-7,10,12H,3H2,1-2H3/t10-/m1/s1. The Labute approximate surface area is 83.3 Å². The number of esters is 1. The van der Waals surface area contributed by atoms with Crippen LogP contribution >= 0.6 is 0 Å². The van der Waals surface area contributed by atoms with E-state index in [1.807, 2.05) is 19.1 Å². The molecule has 0 aliphatic rings. The van der Waals surface area contributed by atoms with Gasteiger partial charge in [0.25, 0.3) is 0 Å². The number of hydrogen-bond donors (Lipinski definition) is 1. The smallest absolute Gasteiger partial charge is 0.339 e. The fourth-order valence-electron chi connectivity index (χ4n) is 1.24. The van der Waals surface area contributed by atoms with Crippen LogP contribution in [-0.2, 0) is 9.53 Å². The van der Waals surface area contributed by atoms with Gasteiger partial charge in [-0.25, -0.2) is 4.79 Å². The molecule has 3 heteroatoms. The highest BCUT2D eigenvalue weighted by Gasteiger charge is 2.19. The first-order valence-electron chi connectivity index (χ1n) is 4.57. The number of hydrogen-bond acceptors (Lipinski definition) is 3. The van der Waals surface area contributed by atoms with Crippen LogP contribution in [0.3, 0.4) is 0 Å². The van der Waals surface area contributed by atoms with E-state index >= 15 is 0 Å². The Morgan fingerprint density at radius 1 is 1.50 bits per heavy atom. The zero-order valence-corrected chi connectivity index (χ0v) is 8.36. The Bertz CT molecular complexity index is 320. The highest BCUT2D eigenvalue weighted by Crippen LogP contribution is 2.18. The van der Waals surface area contributed by atoms with Gasteiger partial charge in [-0.1, -0.05) is 24.3 Å². The number of carbonyl (C=O) groups excluding carboxylic acids is 1. The summed E-state index contributed by atoms with van der Waals surface area (Å²) in [5.41, 5.74) is 1.49. The summed E-state index contributed by atoms with van der Waals surface area (Å²) in [6.07, 6.45) is -1.17. The van der Waals surface area contributed by atoms with Crippen LogP contribution in [-0.4, -0.2) is 17.7 Å². The number of ether oxygens (including phenoxy) is 1. The average Bonchev–Trinajstić information content (AvgIpc) is 2.18. The third-order valence-corrected chi connectivity index (χ3v) is 1.99. The lowest BCUT2D eigenvalue weighted by Gasteiger charge is -2.11. The van der Waals surface area contributed by atoms with Crippen LogP contribution in [0.15, 0.2) is 24.3 Å². The van der Waals surface area contributed by atoms with Gasteiger partial charge in [0.05, 0.1) is 6.61 Å². The number of rotatable bonds is 3. The fraction of sp³-hybridized carbons (Fsp3) is 0.364. The SMILES string of the molecule is CCOC(=O)[C@H](O)c1ccccc1C. The first kappa shape index (κ1) is 10.7. The molecular formula is C11H14O3. The van der Waals surface area contributed by atoms with E-state index in [9.17, 15) is 9.90 Å². The Hall–Kier alpha value is -1.35. The molecule has 14 heavy (non-hydrogen) atoms. The van der Waals surface area contributed by atoms with Gasteiger partial charge in [0.15, 0.2) is 6.10 Å². The Morgan fingerprint density at radius 2 is 2.14 bits per heavy atom. The van der Waals surface area contributed by atoms with E-state index in [-0.39, 0.29) is 6.61 Å². The van der Waals surface area contributed by atoms with E-state index < -0.39 is 12.1 Å². The van der Waals surface area contributed by atoms with Crippen molar-refractivity contribution in [3.63, 3.8) is 0 Å². The van der Waals surface area contributed by atoms with Gasteiger partial charge < -0.3 is 9.84 Å². The lowest BCUT2D eigenvalue weighted by Crippen LogP contribution is -2.16. The van der Waals surface area contributed by atoms with Gasteiger partial charge in [-0.2, -0.15) is 0 Å². The predicted octanol–water partition coefficient (Wildman–Crippen LogP) is 1.59. The summed E-state index contributed by atoms with van der Waals surface area (Å²) in [6, 6.07) is 7.20. The molecular weight excluding hydrogens is 180 g/mol. The monoisotopic (exact) mass is 194 g/mol. The first-order valence-corrected chi connectivity index (χ1v) is 4.57. The maximum absolute atomic E-state index is 11.2. The lowest BCUT2D eigenvalue weighted by atomic mass is 10.0. The van der Waals surface area contributed by atoms with Crippen LogP contribution in [0.1, 0.15) is 24.2 Å². The molecule has 0 aliphatic heterocycles. The second kappa shape index (κ2) is 4.77. The lowest BCUT2D eigenvalue weighted by molar-refractivity contribution is -0.153. The van der Waals surface area contributed by atoms with Gasteiger partial charge in [0.1, 0.15) is 0 Å². The topological polar surface area (TPSA) is 46.5 Å². The zero-order valence-electron chi connectivity index (χ0n) is 8.36. The van der Waals surface area contributed by atoms with E-state index in [0.29, 0.717) is 5.56 Å². The van der Waals surface area contributed by atoms with Crippen molar-refractivity contribution >= 4 is 5.97 Å². The minimum atomic E-state index is -1.17. The van der Waals surface area contributed by atoms with Crippen LogP contribution in [0.4, 0.5) is 0 Å². The quantitative estimate of drug-likeness (QED) is 0.743. The van der Waals surface area contributed by atoms with Crippen LogP contribution in [0.25, 0.3) is 0 Å². The summed E-state index contributed by atoms with van der Waals surface area (Å²) in [4.78, 5) is 11.2. The molecule has 76 valence electrons. The number of carbonyl (C=O) groups is 1. The molecule has 1 atom stereocenters. The summed E-state index contributed by atoms with van der Waals surface area (Å²) in [5.74, 6) is -0.596. The van der Waals surface area contributed by atoms with Crippen molar-refractivity contribution in [3.05, 3.63) is 35.4 Å². The number of aliphatic hydroxyl groups is 1. The molecule has 1 aromatic rings. The second-order valence-electron chi connectivity index (χ2n) is 3.01. The van der Waals surface area contributed by atoms with E-state index in [1.54, 1.807) is 19.1 Å². The predicted molar refractivity (Wildman–Crippen MR) is 52.8 cm³/mol. The van der Waals surface area contributed by atoms with E-state index in [0.717, 1.165) is 5.56 Å². The van der Waals surface area contributed by atoms with Gasteiger partial charge in [-0.3, -0.25) is 0 Å². The van der Waals surface area contributed by atoms with Crippen molar-refractivity contribution in [2.45, 2.75) is 20.0 Å². The van der Waals surface area contributed by atoms with Crippen molar-refractivity contribution in [1.82, 2.24) is 0 Å². The average molecular weight is 194 g/mol. The molecule has 1 rings (SSSR count). The van der Waals surface area contributed by atoms with Crippen molar-refractivity contribution in [2.24, 2.45) is 0 Å². The molecule has 1 N–H and O–H groups in total. The number of benzene rings is 1. The molecule has 1 aromatic carbocycles. The van der Waals surface area contributed by atoms with E-state index in [1.165, 1.54) is 0 Å². The minimum absolute atomic E-state index is 0.280. The number of aliphatic hydroxyl groups excluding tert-OH is 1. The highest BCUT2D eigenvalue weighted by molar-refractivity contribution is 5.76. The van der Waals surface area contributed by atoms with Crippen LogP contribution < -0.4 is 0 Å². The molecule has 0 saturated heterocycles. The van der Waals surface area contributed by atoms with E-state index in [2.05, 4.69) is 0 Å². The molecule has 0 aromatic heterocycles.